The molecule has 4 nitrogen and oxygen atoms in total. The third-order valence-electron chi connectivity index (χ3n) is 2.11. The van der Waals surface area contributed by atoms with Crippen LogP contribution in [0.1, 0.15) is 5.56 Å². The van der Waals surface area contributed by atoms with E-state index in [0.717, 1.165) is 11.3 Å². The van der Waals surface area contributed by atoms with E-state index >= 15 is 0 Å². The van der Waals surface area contributed by atoms with Gasteiger partial charge in [0.1, 0.15) is 6.17 Å². The van der Waals surface area contributed by atoms with E-state index in [1.54, 1.807) is 0 Å². The summed E-state index contributed by atoms with van der Waals surface area (Å²) in [5.41, 5.74) is 1.88. The van der Waals surface area contributed by atoms with Crippen LogP contribution in [0.25, 0.3) is 0 Å². The molecule has 1 amide bonds. The van der Waals surface area contributed by atoms with Gasteiger partial charge in [-0.15, -0.1) is 0 Å². The van der Waals surface area contributed by atoms with Crippen LogP contribution in [0, 0.1) is 6.92 Å². The van der Waals surface area contributed by atoms with E-state index in [9.17, 15) is 4.79 Å². The maximum Gasteiger partial charge on any atom is 0.228 e. The van der Waals surface area contributed by atoms with Crippen molar-refractivity contribution in [2.45, 2.75) is 16.9 Å². The standard InChI is InChI=1S/C11H12Cl3N3OS/c1-7-3-2-4-8(5-7)16-10(19)17-9(15-6-18)11(12,13)14/h2-6,9H,1H3,(H,15,18)(H2,16,17,19)/t9-/m0/s1. The summed E-state index contributed by atoms with van der Waals surface area (Å²) in [6.45, 7) is 1.96. The second kappa shape index (κ2) is 7.14. The lowest BCUT2D eigenvalue weighted by molar-refractivity contribution is -0.110. The number of aryl methyl sites for hydroxylation is 1. The lowest BCUT2D eigenvalue weighted by Gasteiger charge is -2.26. The number of thiocarbonyl (C=S) groups is 1. The van der Waals surface area contributed by atoms with Crippen LogP contribution in [-0.2, 0) is 4.79 Å². The number of halogens is 3. The van der Waals surface area contributed by atoms with Crippen LogP contribution in [0.2, 0.25) is 0 Å². The van der Waals surface area contributed by atoms with Crippen molar-refractivity contribution in [2.75, 3.05) is 5.32 Å². The number of alkyl halides is 3. The first kappa shape index (κ1) is 16.3. The second-order valence-corrected chi connectivity index (χ2v) is 6.50. The molecular weight excluding hydrogens is 329 g/mol. The van der Waals surface area contributed by atoms with E-state index in [1.165, 1.54) is 0 Å². The zero-order valence-corrected chi connectivity index (χ0v) is 13.0. The molecule has 8 heteroatoms. The Hall–Kier alpha value is -0.750. The van der Waals surface area contributed by atoms with Crippen LogP contribution >= 0.6 is 47.0 Å². The highest BCUT2D eigenvalue weighted by Crippen LogP contribution is 2.28. The summed E-state index contributed by atoms with van der Waals surface area (Å²) < 4.78 is -1.72. The van der Waals surface area contributed by atoms with E-state index < -0.39 is 9.96 Å². The van der Waals surface area contributed by atoms with E-state index in [2.05, 4.69) is 16.0 Å². The topological polar surface area (TPSA) is 53.2 Å². The molecule has 19 heavy (non-hydrogen) atoms. The quantitative estimate of drug-likeness (QED) is 0.341. The zero-order valence-electron chi connectivity index (χ0n) is 9.91. The van der Waals surface area contributed by atoms with Gasteiger partial charge in [0.25, 0.3) is 0 Å². The average molecular weight is 341 g/mol. The molecule has 0 unspecified atom stereocenters. The minimum Gasteiger partial charge on any atom is -0.339 e. The number of amides is 1. The number of rotatable bonds is 4. The van der Waals surface area contributed by atoms with Crippen molar-refractivity contribution in [1.82, 2.24) is 10.6 Å². The molecule has 3 N–H and O–H groups in total. The van der Waals surface area contributed by atoms with Gasteiger partial charge in [0.05, 0.1) is 0 Å². The molecule has 1 aromatic rings. The molecule has 0 bridgehead atoms. The largest absolute Gasteiger partial charge is 0.339 e. The fraction of sp³-hybridized carbons (Fsp3) is 0.273. The molecule has 1 aromatic carbocycles. The summed E-state index contributed by atoms with van der Waals surface area (Å²) in [4.78, 5) is 10.5. The lowest BCUT2D eigenvalue weighted by Crippen LogP contribution is -2.53. The predicted molar refractivity (Wildman–Crippen MR) is 83.8 cm³/mol. The Kier molecular flexibility index (Phi) is 6.13. The molecule has 0 aliphatic heterocycles. The van der Waals surface area contributed by atoms with Gasteiger partial charge in [-0.25, -0.2) is 0 Å². The Morgan fingerprint density at radius 1 is 1.42 bits per heavy atom. The third-order valence-corrected chi connectivity index (χ3v) is 2.99. The van der Waals surface area contributed by atoms with Gasteiger partial charge in [0.15, 0.2) is 5.11 Å². The number of anilines is 1. The van der Waals surface area contributed by atoms with E-state index in [1.807, 2.05) is 31.2 Å². The van der Waals surface area contributed by atoms with Crippen LogP contribution in [0.4, 0.5) is 5.69 Å². The van der Waals surface area contributed by atoms with Gasteiger partial charge in [-0.1, -0.05) is 46.9 Å². The monoisotopic (exact) mass is 339 g/mol. The minimum atomic E-state index is -1.72. The van der Waals surface area contributed by atoms with Crippen LogP contribution in [0.5, 0.6) is 0 Å². The maximum absolute atomic E-state index is 10.5. The highest BCUT2D eigenvalue weighted by molar-refractivity contribution is 7.80. The molecular formula is C11H12Cl3N3OS. The number of carbonyl (C=O) groups excluding carboxylic acids is 1. The Bertz CT molecular complexity index is 465. The smallest absolute Gasteiger partial charge is 0.228 e. The number of hydrogen-bond acceptors (Lipinski definition) is 2. The normalized spacial score (nSPS) is 12.4. The van der Waals surface area contributed by atoms with Crippen molar-refractivity contribution in [1.29, 1.82) is 0 Å². The molecule has 0 saturated heterocycles. The first-order chi connectivity index (χ1) is 8.82. The Morgan fingerprint density at radius 3 is 2.63 bits per heavy atom. The number of nitrogens with one attached hydrogen (secondary N) is 3. The van der Waals surface area contributed by atoms with E-state index in [0.29, 0.717) is 6.41 Å². The fourth-order valence-electron chi connectivity index (χ4n) is 1.31. The molecule has 0 saturated carbocycles. The maximum atomic E-state index is 10.5. The number of hydrogen-bond donors (Lipinski definition) is 3. The van der Waals surface area contributed by atoms with Crippen LogP contribution < -0.4 is 16.0 Å². The van der Waals surface area contributed by atoms with Crippen LogP contribution in [0.15, 0.2) is 24.3 Å². The van der Waals surface area contributed by atoms with E-state index in [4.69, 9.17) is 47.0 Å². The van der Waals surface area contributed by atoms with Crippen molar-refractivity contribution >= 4 is 64.2 Å². The lowest BCUT2D eigenvalue weighted by atomic mass is 10.2. The van der Waals surface area contributed by atoms with Crippen LogP contribution in [0.3, 0.4) is 0 Å². The Morgan fingerprint density at radius 2 is 2.11 bits per heavy atom. The van der Waals surface area contributed by atoms with Gasteiger partial charge in [-0.05, 0) is 36.8 Å². The molecule has 0 fully saturated rings. The SMILES string of the molecule is Cc1cccc(NC(=S)N[C@H](NC=O)C(Cl)(Cl)Cl)c1. The van der Waals surface area contributed by atoms with Gasteiger partial charge >= 0.3 is 0 Å². The number of carbonyl (C=O) groups is 1. The van der Waals surface area contributed by atoms with Crippen molar-refractivity contribution in [2.24, 2.45) is 0 Å². The highest BCUT2D eigenvalue weighted by Gasteiger charge is 2.32. The van der Waals surface area contributed by atoms with Crippen molar-refractivity contribution in [3.8, 4) is 0 Å². The van der Waals surface area contributed by atoms with Gasteiger partial charge < -0.3 is 16.0 Å². The average Bonchev–Trinajstić information content (AvgIpc) is 2.27. The fourth-order valence-corrected chi connectivity index (χ4v) is 1.90. The van der Waals surface area contributed by atoms with Crippen molar-refractivity contribution in [3.05, 3.63) is 29.8 Å². The molecule has 1 rings (SSSR count). The zero-order chi connectivity index (χ0) is 14.5. The molecule has 0 aliphatic carbocycles. The highest BCUT2D eigenvalue weighted by atomic mass is 35.6. The van der Waals surface area contributed by atoms with Crippen molar-refractivity contribution in [3.63, 3.8) is 0 Å². The first-order valence-electron chi connectivity index (χ1n) is 5.23. The molecule has 0 aromatic heterocycles. The summed E-state index contributed by atoms with van der Waals surface area (Å²) in [5, 5.41) is 8.21. The summed E-state index contributed by atoms with van der Waals surface area (Å²) >= 11 is 22.2. The first-order valence-corrected chi connectivity index (χ1v) is 6.77. The summed E-state index contributed by atoms with van der Waals surface area (Å²) in [6.07, 6.45) is -0.505. The van der Waals surface area contributed by atoms with Gasteiger partial charge in [0, 0.05) is 5.69 Å². The van der Waals surface area contributed by atoms with Crippen molar-refractivity contribution < 1.29 is 4.79 Å². The summed E-state index contributed by atoms with van der Waals surface area (Å²) in [5.74, 6) is 0. The molecule has 1 atom stereocenters. The Balaban J connectivity index is 2.65. The summed E-state index contributed by atoms with van der Waals surface area (Å²) in [6, 6.07) is 7.60. The van der Waals surface area contributed by atoms with Gasteiger partial charge in [-0.2, -0.15) is 0 Å². The molecule has 0 heterocycles. The third kappa shape index (κ3) is 5.82. The minimum absolute atomic E-state index is 0.233. The summed E-state index contributed by atoms with van der Waals surface area (Å²) in [7, 11) is 0. The van der Waals surface area contributed by atoms with E-state index in [-0.39, 0.29) is 5.11 Å². The second-order valence-electron chi connectivity index (χ2n) is 3.73. The molecule has 0 spiro atoms. The molecule has 0 radical (unpaired) electrons. The van der Waals surface area contributed by atoms with Gasteiger partial charge in [0.2, 0.25) is 10.2 Å². The molecule has 104 valence electrons. The Labute approximate surface area is 131 Å². The van der Waals surface area contributed by atoms with Gasteiger partial charge in [-0.3, -0.25) is 4.79 Å². The molecule has 0 aliphatic rings. The van der Waals surface area contributed by atoms with Crippen LogP contribution in [-0.4, -0.2) is 21.5 Å². The number of benzene rings is 1. The predicted octanol–water partition coefficient (Wildman–Crippen LogP) is 2.72.